The van der Waals surface area contributed by atoms with Crippen molar-refractivity contribution in [2.75, 3.05) is 0 Å². The topological polar surface area (TPSA) is 0 Å². The van der Waals surface area contributed by atoms with Crippen molar-refractivity contribution in [1.29, 1.82) is 0 Å². The zero-order valence-electron chi connectivity index (χ0n) is 18.8. The molecule has 30 heavy (non-hydrogen) atoms. The van der Waals surface area contributed by atoms with Crippen molar-refractivity contribution in [1.82, 2.24) is 0 Å². The van der Waals surface area contributed by atoms with Crippen LogP contribution < -0.4 is 5.30 Å². The summed E-state index contributed by atoms with van der Waals surface area (Å²) in [6.07, 6.45) is 15.8. The van der Waals surface area contributed by atoms with Crippen molar-refractivity contribution in [3.8, 4) is 0 Å². The van der Waals surface area contributed by atoms with Gasteiger partial charge in [0.15, 0.2) is 0 Å². The second-order valence-electron chi connectivity index (χ2n) is 9.84. The van der Waals surface area contributed by atoms with Gasteiger partial charge < -0.3 is 0 Å². The van der Waals surface area contributed by atoms with E-state index in [-0.39, 0.29) is 11.0 Å². The Labute approximate surface area is 195 Å². The largest absolute Gasteiger partial charge is 0.0149 e. The van der Waals surface area contributed by atoms with Crippen LogP contribution in [0.1, 0.15) is 39.5 Å². The van der Waals surface area contributed by atoms with Crippen LogP contribution in [-0.4, -0.2) is 11.0 Å². The summed E-state index contributed by atoms with van der Waals surface area (Å²) in [6.45, 7) is 12.3. The van der Waals surface area contributed by atoms with E-state index in [1.807, 2.05) is 13.8 Å². The summed E-state index contributed by atoms with van der Waals surface area (Å²) in [5.74, 6) is 3.74. The molecular formula is C27H43PSiTi. The van der Waals surface area contributed by atoms with E-state index >= 15 is 0 Å². The van der Waals surface area contributed by atoms with Gasteiger partial charge >= 0.3 is 147 Å². The number of rotatable bonds is 4. The van der Waals surface area contributed by atoms with E-state index in [1.165, 1.54) is 25.7 Å². The predicted molar refractivity (Wildman–Crippen MR) is 142 cm³/mol. The van der Waals surface area contributed by atoms with E-state index in [9.17, 15) is 0 Å². The summed E-state index contributed by atoms with van der Waals surface area (Å²) in [4.78, 5) is 0. The van der Waals surface area contributed by atoms with Crippen LogP contribution in [0.15, 0.2) is 78.9 Å². The molecule has 2 fully saturated rings. The standard InChI is InChI=1S/C13H17.C6H6P.C6H10.2CH3.H4Si.Ti/c1-3-7-12-10(5-1)9-11-6-2-4-8-13(11)12;7-6-4-2-1-3-5-6;1-5(2)6(3)4;;;;/h1,3,5,7,9-13H,2,4,6,8H2;1-5,7H;1,3H2,2,4H3;2*1H3;1H4;/q;-1;;;;;+1. The minimum Gasteiger partial charge on any atom is -0.0149 e. The molecule has 0 amide bonds. The van der Waals surface area contributed by atoms with Crippen molar-refractivity contribution in [2.24, 2.45) is 23.7 Å². The third-order valence-corrected chi connectivity index (χ3v) is 18.2. The smallest absolute Gasteiger partial charge is 0.0149 e. The molecular weight excluding hydrogens is 431 g/mol. The van der Waals surface area contributed by atoms with Gasteiger partial charge in [0.1, 0.15) is 0 Å². The second-order valence-corrected chi connectivity index (χ2v) is 23.6. The maximum absolute atomic E-state index is 3.66. The van der Waals surface area contributed by atoms with Gasteiger partial charge in [-0.15, -0.1) is 0 Å². The number of fused-ring (bicyclic) bond motifs is 3. The summed E-state index contributed by atoms with van der Waals surface area (Å²) in [5, 5.41) is 7.08. The van der Waals surface area contributed by atoms with Gasteiger partial charge in [0.2, 0.25) is 0 Å². The first-order chi connectivity index (χ1) is 13.8. The molecule has 1 aromatic carbocycles. The number of benzene rings is 1. The molecule has 164 valence electrons. The first-order valence-corrected chi connectivity index (χ1v) is 18.7. The third kappa shape index (κ3) is 6.07. The van der Waals surface area contributed by atoms with Crippen LogP contribution in [0.5, 0.6) is 0 Å². The molecule has 2 saturated carbocycles. The van der Waals surface area contributed by atoms with Gasteiger partial charge in [-0.3, -0.25) is 0 Å². The molecule has 1 aromatic rings. The molecule has 0 nitrogen and oxygen atoms in total. The Balaban J connectivity index is 0.000000405. The van der Waals surface area contributed by atoms with Gasteiger partial charge in [-0.25, -0.2) is 0 Å². The number of hydrogen-bond acceptors (Lipinski definition) is 0. The van der Waals surface area contributed by atoms with Crippen LogP contribution in [0, 0.1) is 23.7 Å². The SMILES string of the molecule is C=C(C)C(=C)C.[CH3][Ti]([CH3])([PH]c1ccccc1)[CH]1C2C=CC=CC2C2CCCCC21.[SiH4]. The van der Waals surface area contributed by atoms with Crippen LogP contribution in [-0.2, 0) is 16.1 Å². The molecule has 0 aliphatic heterocycles. The Bertz CT molecular complexity index is 767. The Morgan fingerprint density at radius 2 is 1.40 bits per heavy atom. The van der Waals surface area contributed by atoms with Crippen LogP contribution in [0.4, 0.5) is 0 Å². The fourth-order valence-corrected chi connectivity index (χ4v) is 18.2. The Kier molecular flexibility index (Phi) is 9.82. The molecule has 0 N–H and O–H groups in total. The average molecular weight is 475 g/mol. The minimum atomic E-state index is -1.87. The maximum Gasteiger partial charge on any atom is -0.0149 e. The Hall–Kier alpha value is -0.459. The molecule has 3 heteroatoms. The molecule has 3 aliphatic carbocycles. The molecule has 0 aromatic heterocycles. The number of allylic oxidation sites excluding steroid dienone is 6. The van der Waals surface area contributed by atoms with E-state index in [0.29, 0.717) is 0 Å². The molecule has 0 spiro atoms. The van der Waals surface area contributed by atoms with Crippen LogP contribution >= 0.6 is 6.57 Å². The summed E-state index contributed by atoms with van der Waals surface area (Å²) in [5.41, 5.74) is 2.13. The van der Waals surface area contributed by atoms with Crippen molar-refractivity contribution in [3.05, 3.63) is 78.9 Å². The third-order valence-electron chi connectivity index (χ3n) is 7.27. The van der Waals surface area contributed by atoms with E-state index in [1.54, 1.807) is 5.30 Å². The van der Waals surface area contributed by atoms with Crippen molar-refractivity contribution in [2.45, 2.75) is 54.2 Å². The summed E-state index contributed by atoms with van der Waals surface area (Å²) in [6, 6.07) is 11.3. The van der Waals surface area contributed by atoms with Gasteiger partial charge in [-0.1, -0.05) is 24.3 Å². The fraction of sp³-hybridized carbons (Fsp3) is 0.481. The summed E-state index contributed by atoms with van der Waals surface area (Å²) in [7, 11) is 0. The Morgan fingerprint density at radius 3 is 1.97 bits per heavy atom. The van der Waals surface area contributed by atoms with E-state index in [2.05, 4.69) is 78.3 Å². The normalized spacial score (nSPS) is 29.4. The summed E-state index contributed by atoms with van der Waals surface area (Å²) >= 11 is -1.87. The Morgan fingerprint density at radius 1 is 0.867 bits per heavy atom. The van der Waals surface area contributed by atoms with Gasteiger partial charge in [0.25, 0.3) is 0 Å². The molecule has 6 unspecified atom stereocenters. The maximum atomic E-state index is 3.66. The molecule has 0 bridgehead atoms. The van der Waals surface area contributed by atoms with E-state index in [0.717, 1.165) is 45.6 Å². The van der Waals surface area contributed by atoms with Gasteiger partial charge in [0, 0.05) is 0 Å². The molecule has 4 rings (SSSR count). The van der Waals surface area contributed by atoms with Gasteiger partial charge in [-0.2, -0.15) is 0 Å². The number of hydrogen-bond donors (Lipinski definition) is 0. The van der Waals surface area contributed by atoms with E-state index < -0.39 is 16.1 Å². The van der Waals surface area contributed by atoms with Crippen LogP contribution in [0.25, 0.3) is 0 Å². The predicted octanol–water partition coefficient (Wildman–Crippen LogP) is 6.81. The summed E-state index contributed by atoms with van der Waals surface area (Å²) < 4.78 is 1.03. The molecule has 6 atom stereocenters. The zero-order chi connectivity index (χ0) is 21.0. The first-order valence-electron chi connectivity index (χ1n) is 11.3. The minimum absolute atomic E-state index is 0. The molecule has 3 aliphatic rings. The fourth-order valence-electron chi connectivity index (χ4n) is 5.82. The molecule has 0 heterocycles. The van der Waals surface area contributed by atoms with E-state index in [4.69, 9.17) is 0 Å². The van der Waals surface area contributed by atoms with Gasteiger partial charge in [0.05, 0.1) is 0 Å². The monoisotopic (exact) mass is 474 g/mol. The quantitative estimate of drug-likeness (QED) is 0.256. The van der Waals surface area contributed by atoms with Crippen molar-refractivity contribution >= 4 is 22.8 Å². The second kappa shape index (κ2) is 11.4. The molecule has 0 saturated heterocycles. The molecule has 0 radical (unpaired) electrons. The average Bonchev–Trinajstić information content (AvgIpc) is 3.04. The van der Waals surface area contributed by atoms with Crippen molar-refractivity contribution < 1.29 is 16.1 Å². The zero-order valence-corrected chi connectivity index (χ0v) is 21.4. The first kappa shape index (κ1) is 25.8. The van der Waals surface area contributed by atoms with Crippen molar-refractivity contribution in [3.63, 3.8) is 0 Å². The van der Waals surface area contributed by atoms with Gasteiger partial charge in [-0.05, 0) is 24.8 Å². The van der Waals surface area contributed by atoms with Crippen LogP contribution in [0.2, 0.25) is 14.7 Å². The van der Waals surface area contributed by atoms with Crippen LogP contribution in [0.3, 0.4) is 0 Å².